The predicted molar refractivity (Wildman–Crippen MR) is 77.6 cm³/mol. The van der Waals surface area contributed by atoms with Crippen LogP contribution in [0.5, 0.6) is 0 Å². The van der Waals surface area contributed by atoms with Gasteiger partial charge in [0.1, 0.15) is 5.69 Å². The van der Waals surface area contributed by atoms with Gasteiger partial charge >= 0.3 is 0 Å². The van der Waals surface area contributed by atoms with E-state index in [1.807, 2.05) is 30.3 Å². The van der Waals surface area contributed by atoms with Gasteiger partial charge in [-0.05, 0) is 12.5 Å². The second kappa shape index (κ2) is 5.78. The Hall–Kier alpha value is -2.63. The van der Waals surface area contributed by atoms with Gasteiger partial charge in [-0.1, -0.05) is 30.3 Å². The number of hydrogen-bond acceptors (Lipinski definition) is 3. The van der Waals surface area contributed by atoms with Gasteiger partial charge in [-0.25, -0.2) is 0 Å². The number of carbonyl (C=O) groups excluding carboxylic acids is 2. The normalized spacial score (nSPS) is 15.4. The number of amides is 2. The van der Waals surface area contributed by atoms with Crippen molar-refractivity contribution in [2.75, 3.05) is 19.6 Å². The van der Waals surface area contributed by atoms with E-state index >= 15 is 0 Å². The number of rotatable bonds is 2. The van der Waals surface area contributed by atoms with Crippen LogP contribution in [-0.2, 0) is 4.79 Å². The summed E-state index contributed by atoms with van der Waals surface area (Å²) in [4.78, 5) is 25.5. The Morgan fingerprint density at radius 1 is 1.24 bits per heavy atom. The van der Waals surface area contributed by atoms with Crippen LogP contribution >= 0.6 is 0 Å². The van der Waals surface area contributed by atoms with Crippen LogP contribution in [0.1, 0.15) is 16.9 Å². The monoisotopic (exact) mass is 284 g/mol. The average molecular weight is 284 g/mol. The van der Waals surface area contributed by atoms with Gasteiger partial charge in [0, 0.05) is 18.7 Å². The number of H-pyrrole nitrogens is 1. The molecule has 1 aliphatic heterocycles. The summed E-state index contributed by atoms with van der Waals surface area (Å²) in [6.07, 6.45) is 0.761. The molecule has 1 aromatic carbocycles. The maximum absolute atomic E-state index is 12.4. The third-order valence-corrected chi connectivity index (χ3v) is 3.43. The molecule has 21 heavy (non-hydrogen) atoms. The number of benzene rings is 1. The van der Waals surface area contributed by atoms with Crippen molar-refractivity contribution >= 4 is 11.8 Å². The lowest BCUT2D eigenvalue weighted by Gasteiger charge is -2.17. The summed E-state index contributed by atoms with van der Waals surface area (Å²) < 4.78 is 0. The molecule has 0 spiro atoms. The van der Waals surface area contributed by atoms with E-state index in [2.05, 4.69) is 15.5 Å². The zero-order valence-corrected chi connectivity index (χ0v) is 11.5. The third-order valence-electron chi connectivity index (χ3n) is 3.43. The van der Waals surface area contributed by atoms with Gasteiger partial charge in [-0.2, -0.15) is 5.10 Å². The summed E-state index contributed by atoms with van der Waals surface area (Å²) in [6, 6.07) is 11.4. The molecule has 2 aromatic rings. The second-order valence-corrected chi connectivity index (χ2v) is 4.96. The number of nitrogens with zero attached hydrogens (tertiary/aromatic N) is 2. The maximum Gasteiger partial charge on any atom is 0.272 e. The van der Waals surface area contributed by atoms with E-state index in [1.54, 1.807) is 11.0 Å². The number of hydrogen-bond donors (Lipinski definition) is 2. The molecule has 108 valence electrons. The molecule has 0 radical (unpaired) electrons. The van der Waals surface area contributed by atoms with Crippen LogP contribution in [0.25, 0.3) is 11.3 Å². The van der Waals surface area contributed by atoms with Crippen molar-refractivity contribution in [1.29, 1.82) is 0 Å². The Morgan fingerprint density at radius 3 is 2.86 bits per heavy atom. The van der Waals surface area contributed by atoms with Crippen LogP contribution in [0.4, 0.5) is 0 Å². The minimum atomic E-state index is -0.193. The number of aromatic nitrogens is 2. The molecule has 2 amide bonds. The van der Waals surface area contributed by atoms with Gasteiger partial charge in [0.15, 0.2) is 0 Å². The van der Waals surface area contributed by atoms with Crippen molar-refractivity contribution in [1.82, 2.24) is 20.4 Å². The molecule has 1 saturated heterocycles. The van der Waals surface area contributed by atoms with Crippen LogP contribution in [0.2, 0.25) is 0 Å². The van der Waals surface area contributed by atoms with E-state index in [0.717, 1.165) is 17.7 Å². The van der Waals surface area contributed by atoms with Gasteiger partial charge in [0.2, 0.25) is 5.91 Å². The summed E-state index contributed by atoms with van der Waals surface area (Å²) in [7, 11) is 0. The lowest BCUT2D eigenvalue weighted by molar-refractivity contribution is -0.121. The molecule has 0 unspecified atom stereocenters. The first-order chi connectivity index (χ1) is 10.2. The average Bonchev–Trinajstić information content (AvgIpc) is 2.90. The molecule has 0 bridgehead atoms. The lowest BCUT2D eigenvalue weighted by atomic mass is 10.1. The van der Waals surface area contributed by atoms with Crippen LogP contribution in [-0.4, -0.2) is 46.5 Å². The molecular weight excluding hydrogens is 268 g/mol. The summed E-state index contributed by atoms with van der Waals surface area (Å²) in [5.41, 5.74) is 2.07. The molecule has 6 nitrogen and oxygen atoms in total. The number of nitrogens with one attached hydrogen (secondary N) is 2. The summed E-state index contributed by atoms with van der Waals surface area (Å²) in [6.45, 7) is 1.27. The van der Waals surface area contributed by atoms with Gasteiger partial charge in [-0.15, -0.1) is 0 Å². The fourth-order valence-corrected chi connectivity index (χ4v) is 2.34. The zero-order chi connectivity index (χ0) is 14.7. The fraction of sp³-hybridized carbons (Fsp3) is 0.267. The van der Waals surface area contributed by atoms with E-state index in [4.69, 9.17) is 0 Å². The van der Waals surface area contributed by atoms with E-state index < -0.39 is 0 Å². The Balaban J connectivity index is 1.79. The Bertz CT molecular complexity index is 651. The van der Waals surface area contributed by atoms with Gasteiger partial charge in [0.05, 0.1) is 12.2 Å². The third kappa shape index (κ3) is 2.94. The van der Waals surface area contributed by atoms with Crippen molar-refractivity contribution < 1.29 is 9.59 Å². The van der Waals surface area contributed by atoms with E-state index in [1.165, 1.54) is 0 Å². The SMILES string of the molecule is O=C1CN(C(=O)c2cc(-c3ccccc3)n[nH]2)CCCN1. The quantitative estimate of drug-likeness (QED) is 0.865. The number of carbonyl (C=O) groups is 2. The van der Waals surface area contributed by atoms with Crippen LogP contribution in [0.3, 0.4) is 0 Å². The first-order valence-electron chi connectivity index (χ1n) is 6.91. The first-order valence-corrected chi connectivity index (χ1v) is 6.91. The molecule has 1 aromatic heterocycles. The molecule has 2 heterocycles. The predicted octanol–water partition coefficient (Wildman–Crippen LogP) is 1.04. The van der Waals surface area contributed by atoms with Crippen LogP contribution in [0.15, 0.2) is 36.4 Å². The minimum absolute atomic E-state index is 0.0958. The van der Waals surface area contributed by atoms with Crippen LogP contribution in [0, 0.1) is 0 Å². The van der Waals surface area contributed by atoms with Gasteiger partial charge < -0.3 is 10.2 Å². The van der Waals surface area contributed by atoms with Crippen molar-refractivity contribution in [3.63, 3.8) is 0 Å². The standard InChI is InChI=1S/C15H16N4O2/c20-14-10-19(8-4-7-16-14)15(21)13-9-12(17-18-13)11-5-2-1-3-6-11/h1-3,5-6,9H,4,7-8,10H2,(H,16,20)(H,17,18). The largest absolute Gasteiger partial charge is 0.354 e. The molecule has 1 fully saturated rings. The molecule has 2 N–H and O–H groups in total. The van der Waals surface area contributed by atoms with Crippen molar-refractivity contribution in [3.8, 4) is 11.3 Å². The molecule has 1 aliphatic rings. The maximum atomic E-state index is 12.4. The Labute approximate surface area is 122 Å². The van der Waals surface area contributed by atoms with Crippen molar-refractivity contribution in [2.24, 2.45) is 0 Å². The Kier molecular flexibility index (Phi) is 3.68. The number of aromatic amines is 1. The zero-order valence-electron chi connectivity index (χ0n) is 11.5. The molecule has 0 aliphatic carbocycles. The lowest BCUT2D eigenvalue weighted by Crippen LogP contribution is -2.37. The highest BCUT2D eigenvalue weighted by molar-refractivity contribution is 5.96. The summed E-state index contributed by atoms with van der Waals surface area (Å²) in [5, 5.41) is 9.69. The molecular formula is C15H16N4O2. The van der Waals surface area contributed by atoms with Crippen LogP contribution < -0.4 is 5.32 Å². The van der Waals surface area contributed by atoms with Gasteiger partial charge in [-0.3, -0.25) is 14.7 Å². The Morgan fingerprint density at radius 2 is 2.05 bits per heavy atom. The van der Waals surface area contributed by atoms with Crippen molar-refractivity contribution in [3.05, 3.63) is 42.1 Å². The highest BCUT2D eigenvalue weighted by atomic mass is 16.2. The van der Waals surface area contributed by atoms with E-state index in [9.17, 15) is 9.59 Å². The topological polar surface area (TPSA) is 78.1 Å². The summed E-state index contributed by atoms with van der Waals surface area (Å²) >= 11 is 0. The smallest absolute Gasteiger partial charge is 0.272 e. The first kappa shape index (κ1) is 13.4. The van der Waals surface area contributed by atoms with E-state index in [-0.39, 0.29) is 18.4 Å². The fourth-order valence-electron chi connectivity index (χ4n) is 2.34. The minimum Gasteiger partial charge on any atom is -0.354 e. The van der Waals surface area contributed by atoms with E-state index in [0.29, 0.717) is 18.8 Å². The molecule has 6 heteroatoms. The highest BCUT2D eigenvalue weighted by Crippen LogP contribution is 2.17. The second-order valence-electron chi connectivity index (χ2n) is 4.96. The highest BCUT2D eigenvalue weighted by Gasteiger charge is 2.22. The molecule has 3 rings (SSSR count). The molecule has 0 atom stereocenters. The van der Waals surface area contributed by atoms with Gasteiger partial charge in [0.25, 0.3) is 5.91 Å². The summed E-state index contributed by atoms with van der Waals surface area (Å²) in [5.74, 6) is -0.314. The molecule has 0 saturated carbocycles. The van der Waals surface area contributed by atoms with Crippen molar-refractivity contribution in [2.45, 2.75) is 6.42 Å².